The lowest BCUT2D eigenvalue weighted by atomic mass is 10.0. The molecule has 0 saturated heterocycles. The molecule has 222 valence electrons. The first-order valence-corrected chi connectivity index (χ1v) is 14.7. The van der Waals surface area contributed by atoms with Crippen molar-refractivity contribution >= 4 is 63.9 Å². The van der Waals surface area contributed by atoms with Crippen LogP contribution in [0.1, 0.15) is 31.0 Å². The van der Waals surface area contributed by atoms with Crippen LogP contribution in [0.15, 0.2) is 89.6 Å². The van der Waals surface area contributed by atoms with Crippen LogP contribution in [0.5, 0.6) is 0 Å². The fourth-order valence-corrected chi connectivity index (χ4v) is 4.55. The van der Waals surface area contributed by atoms with E-state index in [9.17, 15) is 9.59 Å². The minimum absolute atomic E-state index is 0.00576. The molecule has 0 saturated carbocycles. The molecule has 1 aromatic heterocycles. The first-order chi connectivity index (χ1) is 20.0. The van der Waals surface area contributed by atoms with Gasteiger partial charge in [-0.1, -0.05) is 114 Å². The number of amides is 2. The second kappa shape index (κ2) is 16.0. The quantitative estimate of drug-likeness (QED) is 0.182. The standard InChI is InChI=1S/C24H26Cl2N4O3.C7H6Cl2/c1-15(2)19(29-23(31)21(27)16-7-4-3-5-8-16)14-30(24(32)22(25)26)18-10-6-9-17(13-18)20-11-12-28-33-20;1-5-6(8)3-2-4-7(5)9/h3-13,15,19,21-22H,14,27H2,1-2H3,(H,29,31);2-4H,1H3/t19-,21-;/m1./s1. The second-order valence-electron chi connectivity index (χ2n) is 9.77. The Morgan fingerprint density at radius 1 is 0.952 bits per heavy atom. The maximum atomic E-state index is 12.9. The van der Waals surface area contributed by atoms with Gasteiger partial charge in [0, 0.05) is 39.9 Å². The van der Waals surface area contributed by atoms with Gasteiger partial charge in [0.15, 0.2) is 10.6 Å². The molecule has 0 spiro atoms. The van der Waals surface area contributed by atoms with E-state index in [1.165, 1.54) is 4.90 Å². The number of rotatable bonds is 9. The van der Waals surface area contributed by atoms with Gasteiger partial charge in [0.1, 0.15) is 6.04 Å². The van der Waals surface area contributed by atoms with Crippen LogP contribution in [-0.4, -0.2) is 34.4 Å². The third kappa shape index (κ3) is 9.21. The number of carbonyl (C=O) groups excluding carboxylic acids is 2. The topological polar surface area (TPSA) is 101 Å². The molecule has 3 N–H and O–H groups in total. The number of alkyl halides is 2. The fraction of sp³-hybridized carbons (Fsp3) is 0.258. The van der Waals surface area contributed by atoms with Crippen LogP contribution >= 0.6 is 46.4 Å². The zero-order chi connectivity index (χ0) is 30.8. The normalized spacial score (nSPS) is 12.3. The van der Waals surface area contributed by atoms with Crippen LogP contribution in [0.2, 0.25) is 10.0 Å². The number of anilines is 1. The van der Waals surface area contributed by atoms with Gasteiger partial charge in [-0.05, 0) is 48.2 Å². The Labute approximate surface area is 265 Å². The average molecular weight is 650 g/mol. The summed E-state index contributed by atoms with van der Waals surface area (Å²) in [6.07, 6.45) is 1.54. The molecule has 0 bridgehead atoms. The molecule has 7 nitrogen and oxygen atoms in total. The van der Waals surface area contributed by atoms with E-state index in [-0.39, 0.29) is 18.4 Å². The summed E-state index contributed by atoms with van der Waals surface area (Å²) >= 11 is 23.4. The molecule has 2 amide bonds. The van der Waals surface area contributed by atoms with Crippen molar-refractivity contribution in [2.75, 3.05) is 11.4 Å². The molecule has 0 aliphatic rings. The largest absolute Gasteiger partial charge is 0.356 e. The van der Waals surface area contributed by atoms with Crippen molar-refractivity contribution in [3.05, 3.63) is 106 Å². The van der Waals surface area contributed by atoms with E-state index in [2.05, 4.69) is 10.5 Å². The number of hydrogen-bond donors (Lipinski definition) is 2. The Hall–Kier alpha value is -3.07. The Kier molecular flexibility index (Phi) is 12.7. The van der Waals surface area contributed by atoms with E-state index in [0.717, 1.165) is 21.2 Å². The van der Waals surface area contributed by atoms with E-state index in [4.69, 9.17) is 56.7 Å². The van der Waals surface area contributed by atoms with Gasteiger partial charge < -0.3 is 20.5 Å². The van der Waals surface area contributed by atoms with Gasteiger partial charge in [0.05, 0.1) is 6.20 Å². The maximum absolute atomic E-state index is 12.9. The Morgan fingerprint density at radius 2 is 1.60 bits per heavy atom. The van der Waals surface area contributed by atoms with Gasteiger partial charge in [0.25, 0.3) is 5.91 Å². The van der Waals surface area contributed by atoms with Crippen molar-refractivity contribution in [1.29, 1.82) is 0 Å². The molecule has 0 radical (unpaired) electrons. The van der Waals surface area contributed by atoms with Crippen molar-refractivity contribution < 1.29 is 14.1 Å². The lowest BCUT2D eigenvalue weighted by molar-refractivity contribution is -0.124. The molecule has 42 heavy (non-hydrogen) atoms. The van der Waals surface area contributed by atoms with Crippen molar-refractivity contribution in [3.63, 3.8) is 0 Å². The zero-order valence-electron chi connectivity index (χ0n) is 23.3. The molecule has 11 heteroatoms. The summed E-state index contributed by atoms with van der Waals surface area (Å²) in [7, 11) is 0. The van der Waals surface area contributed by atoms with E-state index < -0.39 is 22.8 Å². The highest BCUT2D eigenvalue weighted by Gasteiger charge is 2.29. The van der Waals surface area contributed by atoms with Gasteiger partial charge in [0.2, 0.25) is 5.91 Å². The Bertz CT molecular complexity index is 1430. The van der Waals surface area contributed by atoms with Crippen molar-refractivity contribution in [2.45, 2.75) is 37.7 Å². The van der Waals surface area contributed by atoms with Gasteiger partial charge in [-0.15, -0.1) is 0 Å². The summed E-state index contributed by atoms with van der Waals surface area (Å²) in [6.45, 7) is 5.95. The molecular formula is C31H32Cl4N4O3. The molecule has 4 rings (SSSR count). The van der Waals surface area contributed by atoms with Crippen LogP contribution in [0.4, 0.5) is 5.69 Å². The number of hydrogen-bond acceptors (Lipinski definition) is 5. The average Bonchev–Trinajstić information content (AvgIpc) is 3.53. The molecule has 0 unspecified atom stereocenters. The van der Waals surface area contributed by atoms with E-state index >= 15 is 0 Å². The summed E-state index contributed by atoms with van der Waals surface area (Å²) in [5.41, 5.74) is 9.10. The first-order valence-electron chi connectivity index (χ1n) is 13.1. The highest BCUT2D eigenvalue weighted by molar-refractivity contribution is 6.54. The number of benzene rings is 3. The SMILES string of the molecule is CC(C)[C@@H](CN(C(=O)C(Cl)Cl)c1cccc(-c2ccno2)c1)NC(=O)[C@H](N)c1ccccc1.Cc1c(Cl)cccc1Cl. The summed E-state index contributed by atoms with van der Waals surface area (Å²) < 4.78 is 5.23. The molecule has 2 atom stereocenters. The Morgan fingerprint density at radius 3 is 2.14 bits per heavy atom. The first kappa shape index (κ1) is 33.4. The van der Waals surface area contributed by atoms with E-state index in [1.54, 1.807) is 42.6 Å². The summed E-state index contributed by atoms with van der Waals surface area (Å²) in [4.78, 5) is 26.0. The second-order valence-corrected chi connectivity index (χ2v) is 11.7. The minimum atomic E-state index is -1.27. The third-order valence-electron chi connectivity index (χ3n) is 6.49. The highest BCUT2D eigenvalue weighted by Crippen LogP contribution is 2.27. The smallest absolute Gasteiger partial charge is 0.260 e. The summed E-state index contributed by atoms with van der Waals surface area (Å²) in [6, 6.07) is 22.2. The van der Waals surface area contributed by atoms with Crippen LogP contribution in [0.3, 0.4) is 0 Å². The predicted molar refractivity (Wildman–Crippen MR) is 171 cm³/mol. The lowest BCUT2D eigenvalue weighted by Gasteiger charge is -2.31. The van der Waals surface area contributed by atoms with E-state index in [0.29, 0.717) is 17.0 Å². The van der Waals surface area contributed by atoms with Crippen LogP contribution in [0.25, 0.3) is 11.3 Å². The molecular weight excluding hydrogens is 618 g/mol. The predicted octanol–water partition coefficient (Wildman–Crippen LogP) is 7.62. The maximum Gasteiger partial charge on any atom is 0.260 e. The third-order valence-corrected chi connectivity index (χ3v) is 7.68. The number of halogens is 4. The van der Waals surface area contributed by atoms with Gasteiger partial charge in [-0.3, -0.25) is 9.59 Å². The van der Waals surface area contributed by atoms with Crippen LogP contribution in [0, 0.1) is 12.8 Å². The van der Waals surface area contributed by atoms with Crippen molar-refractivity contribution in [1.82, 2.24) is 10.5 Å². The highest BCUT2D eigenvalue weighted by atomic mass is 35.5. The number of nitrogens with one attached hydrogen (secondary N) is 1. The summed E-state index contributed by atoms with van der Waals surface area (Å²) in [5.74, 6) is -0.287. The summed E-state index contributed by atoms with van der Waals surface area (Å²) in [5, 5.41) is 8.15. The monoisotopic (exact) mass is 648 g/mol. The van der Waals surface area contributed by atoms with E-state index in [1.807, 2.05) is 63.2 Å². The number of carbonyl (C=O) groups is 2. The van der Waals surface area contributed by atoms with Crippen LogP contribution < -0.4 is 16.0 Å². The Balaban J connectivity index is 0.000000458. The van der Waals surface area contributed by atoms with Gasteiger partial charge >= 0.3 is 0 Å². The number of nitrogens with zero attached hydrogens (tertiary/aromatic N) is 2. The number of aromatic nitrogens is 1. The van der Waals surface area contributed by atoms with Gasteiger partial charge in [-0.2, -0.15) is 0 Å². The lowest BCUT2D eigenvalue weighted by Crippen LogP contribution is -2.51. The molecule has 0 aliphatic heterocycles. The van der Waals surface area contributed by atoms with Crippen molar-refractivity contribution in [2.24, 2.45) is 11.7 Å². The molecule has 3 aromatic carbocycles. The fourth-order valence-electron chi connectivity index (χ4n) is 3.92. The molecule has 0 fully saturated rings. The van der Waals surface area contributed by atoms with Crippen molar-refractivity contribution in [3.8, 4) is 11.3 Å². The molecule has 0 aliphatic carbocycles. The molecule has 4 aromatic rings. The zero-order valence-corrected chi connectivity index (χ0v) is 26.3. The van der Waals surface area contributed by atoms with Gasteiger partial charge in [-0.25, -0.2) is 0 Å². The number of nitrogens with two attached hydrogens (primary N) is 1. The van der Waals surface area contributed by atoms with Crippen LogP contribution in [-0.2, 0) is 9.59 Å². The minimum Gasteiger partial charge on any atom is -0.356 e. The molecule has 1 heterocycles.